The van der Waals surface area contributed by atoms with Crippen LogP contribution < -0.4 is 5.32 Å². The van der Waals surface area contributed by atoms with Crippen LogP contribution in [0.3, 0.4) is 0 Å². The van der Waals surface area contributed by atoms with Gasteiger partial charge in [-0.15, -0.1) is 0 Å². The molecule has 3 rings (SSSR count). The van der Waals surface area contributed by atoms with Gasteiger partial charge in [0.15, 0.2) is 0 Å². The number of ether oxygens (including phenoxy) is 1. The fourth-order valence-corrected chi connectivity index (χ4v) is 16.4. The number of hydrogen-bond donors (Lipinski definition) is 10. The third kappa shape index (κ3) is 36.6. The first-order valence-corrected chi connectivity index (χ1v) is 38.8. The maximum absolute atomic E-state index is 14.0. The van der Waals surface area contributed by atoms with Crippen molar-refractivity contribution in [2.75, 3.05) is 66.0 Å². The van der Waals surface area contributed by atoms with Crippen LogP contribution >= 0.6 is 0 Å². The molecule has 542 valence electrons. The SMILES string of the molecule is O=C(CCCCCCCNC(=O)OCc1c2ccccc2cc2ccccc12)CCC(CCCCCCCCC(CCCO)(CCCO)CCCO)(CCCCCCCCC(CCCO)(CCCO)CCCO)CCCCCCCCC(CCCO)(CCCO)CCCO. The molecule has 0 fully saturated rings. The monoisotopic (exact) mass is 1320 g/mol. The van der Waals surface area contributed by atoms with Crippen LogP contribution in [0.4, 0.5) is 4.79 Å². The van der Waals surface area contributed by atoms with Gasteiger partial charge in [0.05, 0.1) is 0 Å². The predicted molar refractivity (Wildman–Crippen MR) is 389 cm³/mol. The van der Waals surface area contributed by atoms with Crippen LogP contribution in [0.1, 0.15) is 327 Å². The lowest BCUT2D eigenvalue weighted by atomic mass is 9.70. The number of carbonyl (C=O) groups is 2. The van der Waals surface area contributed by atoms with Crippen molar-refractivity contribution in [2.45, 2.75) is 328 Å². The van der Waals surface area contributed by atoms with E-state index in [-0.39, 0.29) is 87.7 Å². The largest absolute Gasteiger partial charge is 0.445 e. The first-order chi connectivity index (χ1) is 46.0. The zero-order chi connectivity index (χ0) is 68.0. The highest BCUT2D eigenvalue weighted by molar-refractivity contribution is 6.02. The zero-order valence-corrected chi connectivity index (χ0v) is 59.6. The van der Waals surface area contributed by atoms with E-state index < -0.39 is 6.09 Å². The van der Waals surface area contributed by atoms with Gasteiger partial charge in [0, 0.05) is 84.4 Å². The Balaban J connectivity index is 1.66. The molecule has 0 aliphatic heterocycles. The van der Waals surface area contributed by atoms with Crippen molar-refractivity contribution in [2.24, 2.45) is 21.7 Å². The van der Waals surface area contributed by atoms with E-state index in [1.165, 1.54) is 96.3 Å². The normalized spacial score (nSPS) is 12.4. The van der Waals surface area contributed by atoms with Gasteiger partial charge in [0.2, 0.25) is 0 Å². The summed E-state index contributed by atoms with van der Waals surface area (Å²) < 4.78 is 5.77. The van der Waals surface area contributed by atoms with Crippen molar-refractivity contribution in [1.82, 2.24) is 5.32 Å². The molecule has 0 aromatic heterocycles. The first kappa shape index (κ1) is 85.0. The van der Waals surface area contributed by atoms with Gasteiger partial charge in [0.25, 0.3) is 0 Å². The van der Waals surface area contributed by atoms with E-state index in [1.54, 1.807) is 0 Å². The summed E-state index contributed by atoms with van der Waals surface area (Å²) in [6, 6.07) is 18.7. The van der Waals surface area contributed by atoms with Crippen molar-refractivity contribution in [1.29, 1.82) is 0 Å². The number of rotatable bonds is 67. The van der Waals surface area contributed by atoms with Gasteiger partial charge >= 0.3 is 6.09 Å². The van der Waals surface area contributed by atoms with Crippen molar-refractivity contribution in [3.05, 3.63) is 60.2 Å². The number of hydrogen-bond acceptors (Lipinski definition) is 12. The van der Waals surface area contributed by atoms with Crippen molar-refractivity contribution in [3.63, 3.8) is 0 Å². The fourth-order valence-electron chi connectivity index (χ4n) is 16.4. The molecule has 94 heavy (non-hydrogen) atoms. The standard InChI is InChI=1S/C81H141NO12/c83-60-28-49-78(50-29-61-84,51-30-62-85)43-21-9-1-4-12-24-46-81(47-25-13-5-2-10-22-44-79(52-31-63-86,53-32-64-87)54-33-65-88,48-26-14-6-3-11-23-45-80(55-34-66-89,56-35-67-90)57-36-68-91)58-42-73(92)39-16-8-7-15-27-59-82-77(93)94-70-76-74-40-19-17-37-71(74)69-72-38-18-20-41-75(72)76/h17-20,37-38,40-41,69,83-91H,1-16,21-36,39,42-68,70H2,(H,82,93). The summed E-state index contributed by atoms with van der Waals surface area (Å²) in [5.41, 5.74) is 1.35. The molecule has 3 aromatic carbocycles. The van der Waals surface area contributed by atoms with Crippen LogP contribution in [0.2, 0.25) is 0 Å². The molecule has 0 saturated carbocycles. The van der Waals surface area contributed by atoms with Crippen LogP contribution in [0.5, 0.6) is 0 Å². The second-order valence-corrected chi connectivity index (χ2v) is 29.2. The smallest absolute Gasteiger partial charge is 0.407 e. The third-order valence-corrected chi connectivity index (χ3v) is 21.8. The lowest BCUT2D eigenvalue weighted by molar-refractivity contribution is -0.120. The third-order valence-electron chi connectivity index (χ3n) is 21.8. The van der Waals surface area contributed by atoms with E-state index in [0.717, 1.165) is 239 Å². The molecular formula is C81H141NO12. The second kappa shape index (κ2) is 54.6. The predicted octanol–water partition coefficient (Wildman–Crippen LogP) is 18.2. The average Bonchev–Trinajstić information content (AvgIpc) is 0.782. The number of amides is 1. The molecule has 0 bridgehead atoms. The molecule has 0 radical (unpaired) electrons. The minimum Gasteiger partial charge on any atom is -0.445 e. The van der Waals surface area contributed by atoms with Gasteiger partial charge in [-0.05, 0) is 223 Å². The van der Waals surface area contributed by atoms with Gasteiger partial charge < -0.3 is 56.0 Å². The molecule has 13 heteroatoms. The van der Waals surface area contributed by atoms with Crippen molar-refractivity contribution >= 4 is 33.4 Å². The number of alkyl carbamates (subject to hydrolysis) is 1. The topological polar surface area (TPSA) is 237 Å². The van der Waals surface area contributed by atoms with Crippen molar-refractivity contribution in [3.8, 4) is 0 Å². The van der Waals surface area contributed by atoms with Crippen LogP contribution in [-0.2, 0) is 16.1 Å². The maximum atomic E-state index is 14.0. The minimum atomic E-state index is -0.402. The lowest BCUT2D eigenvalue weighted by Gasteiger charge is -2.35. The number of unbranched alkanes of at least 4 members (excludes halogenated alkanes) is 19. The van der Waals surface area contributed by atoms with Gasteiger partial charge in [0.1, 0.15) is 12.4 Å². The molecule has 0 aliphatic rings. The molecule has 3 aromatic rings. The molecule has 10 N–H and O–H groups in total. The van der Waals surface area contributed by atoms with Gasteiger partial charge in [-0.1, -0.05) is 183 Å². The molecule has 0 atom stereocenters. The number of fused-ring (bicyclic) bond motifs is 2. The van der Waals surface area contributed by atoms with E-state index in [4.69, 9.17) is 4.74 Å². The van der Waals surface area contributed by atoms with Crippen molar-refractivity contribution < 1.29 is 60.3 Å². The summed E-state index contributed by atoms with van der Waals surface area (Å²) in [5.74, 6) is 0.391. The summed E-state index contributed by atoms with van der Waals surface area (Å²) in [7, 11) is 0. The highest BCUT2D eigenvalue weighted by Gasteiger charge is 2.32. The second-order valence-electron chi connectivity index (χ2n) is 29.2. The first-order valence-electron chi connectivity index (χ1n) is 38.8. The molecule has 0 unspecified atom stereocenters. The number of benzene rings is 3. The Morgan fingerprint density at radius 1 is 0.298 bits per heavy atom. The zero-order valence-electron chi connectivity index (χ0n) is 59.6. The molecule has 0 saturated heterocycles. The Bertz CT molecular complexity index is 2060. The summed E-state index contributed by atoms with van der Waals surface area (Å²) in [5, 5.41) is 95.1. The molecular weight excluding hydrogens is 1180 g/mol. The number of aliphatic hydroxyl groups is 9. The van der Waals surface area contributed by atoms with E-state index in [1.807, 2.05) is 24.3 Å². The quantitative estimate of drug-likeness (QED) is 0.0188. The highest BCUT2D eigenvalue weighted by atomic mass is 16.5. The van der Waals surface area contributed by atoms with Crippen LogP contribution in [0.15, 0.2) is 54.6 Å². The number of nitrogens with one attached hydrogen (secondary N) is 1. The summed E-state index contributed by atoms with van der Waals surface area (Å²) in [4.78, 5) is 26.9. The molecule has 13 nitrogen and oxygen atoms in total. The minimum absolute atomic E-state index is 0.0698. The molecule has 0 heterocycles. The Morgan fingerprint density at radius 2 is 0.553 bits per heavy atom. The van der Waals surface area contributed by atoms with Gasteiger partial charge in [-0.25, -0.2) is 4.79 Å². The average molecular weight is 1320 g/mol. The summed E-state index contributed by atoms with van der Waals surface area (Å²) in [6.07, 6.45) is 49.7. The van der Waals surface area contributed by atoms with E-state index in [2.05, 4.69) is 35.6 Å². The van der Waals surface area contributed by atoms with Crippen LogP contribution in [0, 0.1) is 21.7 Å². The Labute approximate surface area is 571 Å². The van der Waals surface area contributed by atoms with E-state index >= 15 is 0 Å². The molecule has 0 spiro atoms. The number of aliphatic hydroxyl groups excluding tert-OH is 9. The van der Waals surface area contributed by atoms with Crippen LogP contribution in [-0.4, -0.2) is 124 Å². The fraction of sp³-hybridized carbons (Fsp3) is 0.802. The van der Waals surface area contributed by atoms with Crippen LogP contribution in [0.25, 0.3) is 21.5 Å². The van der Waals surface area contributed by atoms with E-state index in [0.29, 0.717) is 25.2 Å². The Hall–Kier alpha value is -3.24. The van der Waals surface area contributed by atoms with Gasteiger partial charge in [-0.3, -0.25) is 4.79 Å². The van der Waals surface area contributed by atoms with E-state index in [9.17, 15) is 55.5 Å². The van der Waals surface area contributed by atoms with Gasteiger partial charge in [-0.2, -0.15) is 0 Å². The lowest BCUT2D eigenvalue weighted by Crippen LogP contribution is -2.25. The molecule has 0 aliphatic carbocycles. The Kier molecular flexibility index (Phi) is 49.4. The number of carbonyl (C=O) groups excluding carboxylic acids is 2. The maximum Gasteiger partial charge on any atom is 0.407 e. The summed E-state index contributed by atoms with van der Waals surface area (Å²) >= 11 is 0. The Morgan fingerprint density at radius 3 is 0.862 bits per heavy atom. The number of Topliss-reactive ketones (excluding diaryl/α,β-unsaturated/α-hetero) is 1. The number of ketones is 1. The summed E-state index contributed by atoms with van der Waals surface area (Å²) in [6.45, 7) is 2.32. The highest BCUT2D eigenvalue weighted by Crippen LogP contribution is 2.45. The molecule has 1 amide bonds.